The van der Waals surface area contributed by atoms with E-state index in [0.29, 0.717) is 5.82 Å². The van der Waals surface area contributed by atoms with Crippen molar-refractivity contribution in [2.45, 2.75) is 47.0 Å². The average molecular weight is 294 g/mol. The molecule has 4 N–H and O–H groups in total. The van der Waals surface area contributed by atoms with Gasteiger partial charge in [-0.15, -0.1) is 0 Å². The van der Waals surface area contributed by atoms with E-state index in [-0.39, 0.29) is 0 Å². The maximum Gasteiger partial charge on any atom is 0.148 e. The number of nitrogens with two attached hydrogens (primary N) is 1. The first-order chi connectivity index (χ1) is 10.2. The highest BCUT2D eigenvalue weighted by Crippen LogP contribution is 2.19. The van der Waals surface area contributed by atoms with Gasteiger partial charge in [-0.1, -0.05) is 20.8 Å². The third-order valence-corrected chi connectivity index (χ3v) is 3.51. The predicted octanol–water partition coefficient (Wildman–Crippen LogP) is 2.17. The Kier molecular flexibility index (Phi) is 8.00. The maximum absolute atomic E-state index is 5.55. The van der Waals surface area contributed by atoms with Crippen molar-refractivity contribution in [3.05, 3.63) is 11.4 Å². The summed E-state index contributed by atoms with van der Waals surface area (Å²) in [6, 6.07) is 0. The molecule has 0 unspecified atom stereocenters. The molecular weight excluding hydrogens is 264 g/mol. The van der Waals surface area contributed by atoms with Crippen LogP contribution in [0, 0.1) is 6.92 Å². The third kappa shape index (κ3) is 5.47. The van der Waals surface area contributed by atoms with Crippen LogP contribution in [0.4, 0.5) is 11.6 Å². The van der Waals surface area contributed by atoms with Crippen LogP contribution < -0.4 is 16.6 Å². The Balaban J connectivity index is 2.70. The van der Waals surface area contributed by atoms with Gasteiger partial charge in [0, 0.05) is 25.1 Å². The van der Waals surface area contributed by atoms with Crippen LogP contribution in [-0.4, -0.2) is 41.0 Å². The number of nitrogens with zero attached hydrogens (tertiary/aromatic N) is 3. The zero-order valence-electron chi connectivity index (χ0n) is 13.9. The van der Waals surface area contributed by atoms with E-state index in [9.17, 15) is 0 Å². The van der Waals surface area contributed by atoms with Gasteiger partial charge in [0.2, 0.25) is 0 Å². The second kappa shape index (κ2) is 9.52. The van der Waals surface area contributed by atoms with Gasteiger partial charge in [-0.05, 0) is 32.9 Å². The minimum atomic E-state index is 0.705. The molecule has 21 heavy (non-hydrogen) atoms. The number of aryl methyl sites for hydroxylation is 1. The molecule has 0 saturated heterocycles. The molecule has 6 heteroatoms. The van der Waals surface area contributed by atoms with Gasteiger partial charge in [-0.2, -0.15) is 0 Å². The fraction of sp³-hybridized carbons (Fsp3) is 0.733. The Labute approximate surface area is 128 Å². The Morgan fingerprint density at radius 1 is 1.05 bits per heavy atom. The van der Waals surface area contributed by atoms with E-state index in [1.165, 1.54) is 6.42 Å². The van der Waals surface area contributed by atoms with Crippen molar-refractivity contribution in [1.29, 1.82) is 0 Å². The molecule has 1 aromatic rings. The predicted molar refractivity (Wildman–Crippen MR) is 89.5 cm³/mol. The summed E-state index contributed by atoms with van der Waals surface area (Å²) >= 11 is 0. The first-order valence-corrected chi connectivity index (χ1v) is 7.96. The van der Waals surface area contributed by atoms with Crippen LogP contribution in [0.1, 0.15) is 45.0 Å². The molecule has 0 fully saturated rings. The molecule has 1 heterocycles. The van der Waals surface area contributed by atoms with E-state index in [1.54, 1.807) is 0 Å². The van der Waals surface area contributed by atoms with Gasteiger partial charge in [-0.3, -0.25) is 0 Å². The van der Waals surface area contributed by atoms with Gasteiger partial charge in [0.1, 0.15) is 17.5 Å². The third-order valence-electron chi connectivity index (χ3n) is 3.51. The molecule has 0 aliphatic rings. The number of nitrogens with one attached hydrogen (secondary N) is 2. The highest BCUT2D eigenvalue weighted by Gasteiger charge is 2.10. The van der Waals surface area contributed by atoms with Crippen molar-refractivity contribution >= 4 is 11.6 Å². The molecule has 0 amide bonds. The Morgan fingerprint density at radius 2 is 1.76 bits per heavy atom. The van der Waals surface area contributed by atoms with Crippen LogP contribution in [0.3, 0.4) is 0 Å². The Bertz CT molecular complexity index is 421. The number of likely N-dealkylation sites (N-methyl/N-ethyl adjacent to an activating group) is 1. The Hall–Kier alpha value is -1.40. The molecule has 1 aromatic heterocycles. The SMILES string of the molecule is CCCc1nc(NN)c(C)c(NCCN(CC)CCC)n1. The summed E-state index contributed by atoms with van der Waals surface area (Å²) in [5.41, 5.74) is 3.63. The number of hydrogen-bond donors (Lipinski definition) is 3. The quantitative estimate of drug-likeness (QED) is 0.453. The summed E-state index contributed by atoms with van der Waals surface area (Å²) in [5, 5.41) is 3.42. The molecule has 0 bridgehead atoms. The molecule has 0 saturated carbocycles. The molecule has 0 radical (unpaired) electrons. The number of rotatable bonds is 10. The van der Waals surface area contributed by atoms with Crippen molar-refractivity contribution in [1.82, 2.24) is 14.9 Å². The first kappa shape index (κ1) is 17.7. The summed E-state index contributed by atoms with van der Waals surface area (Å²) < 4.78 is 0. The summed E-state index contributed by atoms with van der Waals surface area (Å²) in [5.74, 6) is 7.97. The van der Waals surface area contributed by atoms with Gasteiger partial charge < -0.3 is 15.6 Å². The second-order valence-electron chi connectivity index (χ2n) is 5.22. The van der Waals surface area contributed by atoms with Crippen LogP contribution in [0.15, 0.2) is 0 Å². The van der Waals surface area contributed by atoms with Crippen molar-refractivity contribution in [2.75, 3.05) is 36.9 Å². The summed E-state index contributed by atoms with van der Waals surface area (Å²) in [6.07, 6.45) is 3.06. The van der Waals surface area contributed by atoms with Gasteiger partial charge in [0.25, 0.3) is 0 Å². The molecular formula is C15H30N6. The highest BCUT2D eigenvalue weighted by atomic mass is 15.3. The fourth-order valence-corrected chi connectivity index (χ4v) is 2.29. The smallest absolute Gasteiger partial charge is 0.148 e. The summed E-state index contributed by atoms with van der Waals surface area (Å²) in [7, 11) is 0. The van der Waals surface area contributed by atoms with Crippen LogP contribution >= 0.6 is 0 Å². The summed E-state index contributed by atoms with van der Waals surface area (Å²) in [4.78, 5) is 11.5. The first-order valence-electron chi connectivity index (χ1n) is 7.96. The summed E-state index contributed by atoms with van der Waals surface area (Å²) in [6.45, 7) is 12.6. The van der Waals surface area contributed by atoms with Gasteiger partial charge in [0.05, 0.1) is 0 Å². The molecule has 0 aliphatic carbocycles. The lowest BCUT2D eigenvalue weighted by atomic mass is 10.2. The van der Waals surface area contributed by atoms with Crippen molar-refractivity contribution in [2.24, 2.45) is 5.84 Å². The van der Waals surface area contributed by atoms with Crippen molar-refractivity contribution in [3.8, 4) is 0 Å². The molecule has 120 valence electrons. The normalized spacial score (nSPS) is 11.0. The lowest BCUT2D eigenvalue weighted by Gasteiger charge is -2.20. The van der Waals surface area contributed by atoms with Crippen LogP contribution in [0.2, 0.25) is 0 Å². The van der Waals surface area contributed by atoms with E-state index >= 15 is 0 Å². The second-order valence-corrected chi connectivity index (χ2v) is 5.22. The number of hydrogen-bond acceptors (Lipinski definition) is 6. The minimum absolute atomic E-state index is 0.705. The molecule has 0 aliphatic heterocycles. The van der Waals surface area contributed by atoms with Crippen LogP contribution in [-0.2, 0) is 6.42 Å². The number of hydrazine groups is 1. The maximum atomic E-state index is 5.55. The topological polar surface area (TPSA) is 79.1 Å². The zero-order valence-corrected chi connectivity index (χ0v) is 13.9. The molecule has 1 rings (SSSR count). The largest absolute Gasteiger partial charge is 0.368 e. The average Bonchev–Trinajstić information content (AvgIpc) is 2.49. The lowest BCUT2D eigenvalue weighted by Crippen LogP contribution is -2.30. The number of nitrogen functional groups attached to an aromatic ring is 1. The van der Waals surface area contributed by atoms with Gasteiger partial charge in [0.15, 0.2) is 0 Å². The molecule has 0 spiro atoms. The number of aromatic nitrogens is 2. The van der Waals surface area contributed by atoms with Crippen LogP contribution in [0.25, 0.3) is 0 Å². The van der Waals surface area contributed by atoms with Gasteiger partial charge >= 0.3 is 0 Å². The molecule has 0 aromatic carbocycles. The lowest BCUT2D eigenvalue weighted by molar-refractivity contribution is 0.300. The van der Waals surface area contributed by atoms with Crippen molar-refractivity contribution in [3.63, 3.8) is 0 Å². The fourth-order valence-electron chi connectivity index (χ4n) is 2.29. The monoisotopic (exact) mass is 294 g/mol. The zero-order chi connectivity index (χ0) is 15.7. The van der Waals surface area contributed by atoms with E-state index in [2.05, 4.69) is 46.4 Å². The van der Waals surface area contributed by atoms with E-state index in [0.717, 1.165) is 56.2 Å². The molecule has 6 nitrogen and oxygen atoms in total. The van der Waals surface area contributed by atoms with E-state index < -0.39 is 0 Å². The standard InChI is InChI=1S/C15H30N6/c1-5-8-13-18-14(12(4)15(19-13)20-16)17-9-11-21(7-3)10-6-2/h5-11,16H2,1-4H3,(H2,17,18,19,20). The number of anilines is 2. The van der Waals surface area contributed by atoms with Crippen molar-refractivity contribution < 1.29 is 0 Å². The minimum Gasteiger partial charge on any atom is -0.368 e. The van der Waals surface area contributed by atoms with E-state index in [4.69, 9.17) is 5.84 Å². The van der Waals surface area contributed by atoms with Gasteiger partial charge in [-0.25, -0.2) is 15.8 Å². The van der Waals surface area contributed by atoms with Crippen LogP contribution in [0.5, 0.6) is 0 Å². The van der Waals surface area contributed by atoms with E-state index in [1.807, 2.05) is 6.92 Å². The highest BCUT2D eigenvalue weighted by molar-refractivity contribution is 5.56. The Morgan fingerprint density at radius 3 is 2.33 bits per heavy atom. The molecule has 0 atom stereocenters.